The Morgan fingerprint density at radius 2 is 1.82 bits per heavy atom. The molecule has 0 aliphatic carbocycles. The van der Waals surface area contributed by atoms with Gasteiger partial charge in [0, 0.05) is 25.2 Å². The maximum atomic E-state index is 14.1. The van der Waals surface area contributed by atoms with Gasteiger partial charge in [-0.15, -0.1) is 0 Å². The van der Waals surface area contributed by atoms with Gasteiger partial charge in [-0.2, -0.15) is 0 Å². The Morgan fingerprint density at radius 1 is 1.14 bits per heavy atom. The number of sulfonamides is 1. The van der Waals surface area contributed by atoms with Crippen molar-refractivity contribution >= 4 is 27.5 Å². The van der Waals surface area contributed by atoms with E-state index in [0.29, 0.717) is 18.7 Å². The van der Waals surface area contributed by atoms with Gasteiger partial charge in [-0.1, -0.05) is 29.8 Å². The number of nitrogens with one attached hydrogen (secondary N) is 1. The summed E-state index contributed by atoms with van der Waals surface area (Å²) in [5.74, 6) is -0.883. The molecule has 6 nitrogen and oxygen atoms in total. The number of hydrogen-bond donors (Lipinski definition) is 1. The number of hydrogen-bond acceptors (Lipinski definition) is 4. The van der Waals surface area contributed by atoms with Crippen LogP contribution in [0.4, 0.5) is 4.39 Å². The largest absolute Gasteiger partial charge is 0.333 e. The van der Waals surface area contributed by atoms with E-state index in [2.05, 4.69) is 4.72 Å². The van der Waals surface area contributed by atoms with Crippen LogP contribution in [0.1, 0.15) is 15.9 Å². The smallest absolute Gasteiger partial charge is 0.255 e. The van der Waals surface area contributed by atoms with Crippen LogP contribution in [0.3, 0.4) is 0 Å². The highest BCUT2D eigenvalue weighted by molar-refractivity contribution is 7.89. The molecule has 0 aliphatic heterocycles. The molecule has 0 radical (unpaired) electrons. The first-order valence-electron chi connectivity index (χ1n) is 8.56. The van der Waals surface area contributed by atoms with Crippen LogP contribution in [0.2, 0.25) is 5.02 Å². The van der Waals surface area contributed by atoms with Crippen LogP contribution in [-0.4, -0.2) is 58.4 Å². The predicted octanol–water partition coefficient (Wildman–Crippen LogP) is 2.59. The Balaban J connectivity index is 2.41. The molecule has 2 aromatic rings. The molecule has 2 rings (SSSR count). The fourth-order valence-corrected chi connectivity index (χ4v) is 3.48. The zero-order valence-corrected chi connectivity index (χ0v) is 17.5. The molecule has 152 valence electrons. The van der Waals surface area contributed by atoms with E-state index in [9.17, 15) is 17.6 Å². The summed E-state index contributed by atoms with van der Waals surface area (Å²) in [7, 11) is 1.27. The van der Waals surface area contributed by atoms with E-state index in [1.54, 1.807) is 18.2 Å². The van der Waals surface area contributed by atoms with Crippen molar-refractivity contribution in [1.29, 1.82) is 0 Å². The summed E-state index contributed by atoms with van der Waals surface area (Å²) < 4.78 is 40.5. The summed E-state index contributed by atoms with van der Waals surface area (Å²) in [6, 6.07) is 10.1. The van der Waals surface area contributed by atoms with Crippen molar-refractivity contribution in [2.75, 3.05) is 34.2 Å². The van der Waals surface area contributed by atoms with Crippen molar-refractivity contribution < 1.29 is 17.6 Å². The van der Waals surface area contributed by atoms with E-state index in [-0.39, 0.29) is 22.0 Å². The van der Waals surface area contributed by atoms with Crippen LogP contribution in [0.25, 0.3) is 0 Å². The molecule has 0 aromatic heterocycles. The standard InChI is InChI=1S/C19H23ClFN3O3S/c1-22-28(26,27)15-8-9-17(20)16(12-15)19(25)24(11-10-23(2)3)13-14-6-4-5-7-18(14)21/h4-9,12,22H,10-11,13H2,1-3H3. The predicted molar refractivity (Wildman–Crippen MR) is 107 cm³/mol. The lowest BCUT2D eigenvalue weighted by atomic mass is 10.1. The van der Waals surface area contributed by atoms with Gasteiger partial charge in [0.1, 0.15) is 5.82 Å². The summed E-state index contributed by atoms with van der Waals surface area (Å²) in [5.41, 5.74) is 0.415. The van der Waals surface area contributed by atoms with Crippen molar-refractivity contribution in [3.05, 3.63) is 64.4 Å². The van der Waals surface area contributed by atoms with Gasteiger partial charge in [-0.05, 0) is 45.4 Å². The highest BCUT2D eigenvalue weighted by Crippen LogP contribution is 2.23. The lowest BCUT2D eigenvalue weighted by Crippen LogP contribution is -2.36. The molecule has 0 saturated carbocycles. The summed E-state index contributed by atoms with van der Waals surface area (Å²) >= 11 is 6.18. The Kier molecular flexibility index (Phi) is 7.54. The van der Waals surface area contributed by atoms with Crippen LogP contribution in [0.15, 0.2) is 47.4 Å². The first-order valence-corrected chi connectivity index (χ1v) is 10.4. The van der Waals surface area contributed by atoms with Gasteiger partial charge in [0.25, 0.3) is 5.91 Å². The normalized spacial score (nSPS) is 11.6. The van der Waals surface area contributed by atoms with Crippen LogP contribution in [0, 0.1) is 5.82 Å². The fraction of sp³-hybridized carbons (Fsp3) is 0.316. The van der Waals surface area contributed by atoms with E-state index in [4.69, 9.17) is 11.6 Å². The molecule has 0 spiro atoms. The van der Waals surface area contributed by atoms with Gasteiger partial charge in [0.2, 0.25) is 10.0 Å². The molecule has 0 unspecified atom stereocenters. The number of amides is 1. The number of likely N-dealkylation sites (N-methyl/N-ethyl adjacent to an activating group) is 1. The number of nitrogens with zero attached hydrogens (tertiary/aromatic N) is 2. The summed E-state index contributed by atoms with van der Waals surface area (Å²) in [4.78, 5) is 16.4. The van der Waals surface area contributed by atoms with Gasteiger partial charge in [0.05, 0.1) is 15.5 Å². The van der Waals surface area contributed by atoms with Gasteiger partial charge < -0.3 is 9.80 Å². The quantitative estimate of drug-likeness (QED) is 0.703. The summed E-state index contributed by atoms with van der Waals surface area (Å²) in [5, 5.41) is 0.128. The number of carbonyl (C=O) groups excluding carboxylic acids is 1. The van der Waals surface area contributed by atoms with Crippen LogP contribution in [-0.2, 0) is 16.6 Å². The van der Waals surface area contributed by atoms with E-state index in [1.807, 2.05) is 19.0 Å². The van der Waals surface area contributed by atoms with Crippen molar-refractivity contribution in [2.24, 2.45) is 0 Å². The van der Waals surface area contributed by atoms with Crippen molar-refractivity contribution in [2.45, 2.75) is 11.4 Å². The van der Waals surface area contributed by atoms with E-state index in [0.717, 1.165) is 0 Å². The Morgan fingerprint density at radius 3 is 2.43 bits per heavy atom. The van der Waals surface area contributed by atoms with Crippen LogP contribution < -0.4 is 4.72 Å². The van der Waals surface area contributed by atoms with Crippen molar-refractivity contribution in [1.82, 2.24) is 14.5 Å². The SMILES string of the molecule is CNS(=O)(=O)c1ccc(Cl)c(C(=O)N(CCN(C)C)Cc2ccccc2F)c1. The molecule has 28 heavy (non-hydrogen) atoms. The van der Waals surface area contributed by atoms with E-state index >= 15 is 0 Å². The van der Waals surface area contributed by atoms with Crippen LogP contribution >= 0.6 is 11.6 Å². The molecule has 9 heteroatoms. The highest BCUT2D eigenvalue weighted by Gasteiger charge is 2.23. The zero-order valence-electron chi connectivity index (χ0n) is 15.9. The summed E-state index contributed by atoms with van der Waals surface area (Å²) in [6.07, 6.45) is 0. The number of halogens is 2. The second-order valence-corrected chi connectivity index (χ2v) is 8.76. The van der Waals surface area contributed by atoms with Gasteiger partial charge in [-0.25, -0.2) is 17.5 Å². The topological polar surface area (TPSA) is 69.7 Å². The molecular formula is C19H23ClFN3O3S. The van der Waals surface area contributed by atoms with E-state index in [1.165, 1.54) is 36.2 Å². The molecule has 0 heterocycles. The Hall–Kier alpha value is -2.00. The molecule has 2 aromatic carbocycles. The minimum atomic E-state index is -3.74. The van der Waals surface area contributed by atoms with E-state index < -0.39 is 21.7 Å². The maximum absolute atomic E-state index is 14.1. The third kappa shape index (κ3) is 5.51. The third-order valence-corrected chi connectivity index (χ3v) is 5.91. The molecule has 1 amide bonds. The van der Waals surface area contributed by atoms with Gasteiger partial charge >= 0.3 is 0 Å². The molecule has 0 saturated heterocycles. The minimum Gasteiger partial charge on any atom is -0.333 e. The van der Waals surface area contributed by atoms with Crippen LogP contribution in [0.5, 0.6) is 0 Å². The van der Waals surface area contributed by atoms with Crippen molar-refractivity contribution in [3.8, 4) is 0 Å². The van der Waals surface area contributed by atoms with Crippen molar-refractivity contribution in [3.63, 3.8) is 0 Å². The zero-order chi connectivity index (χ0) is 20.9. The lowest BCUT2D eigenvalue weighted by Gasteiger charge is -2.25. The lowest BCUT2D eigenvalue weighted by molar-refractivity contribution is 0.0730. The first-order chi connectivity index (χ1) is 13.2. The molecule has 1 N–H and O–H groups in total. The molecular weight excluding hydrogens is 405 g/mol. The highest BCUT2D eigenvalue weighted by atomic mass is 35.5. The average Bonchev–Trinajstić information content (AvgIpc) is 2.66. The average molecular weight is 428 g/mol. The van der Waals surface area contributed by atoms with Gasteiger partial charge in [0.15, 0.2) is 0 Å². The number of benzene rings is 2. The third-order valence-electron chi connectivity index (χ3n) is 4.17. The summed E-state index contributed by atoms with van der Waals surface area (Å²) in [6.45, 7) is 0.907. The number of carbonyl (C=O) groups is 1. The molecule has 0 atom stereocenters. The second kappa shape index (κ2) is 9.47. The van der Waals surface area contributed by atoms with Gasteiger partial charge in [-0.3, -0.25) is 4.79 Å². The number of rotatable bonds is 8. The molecule has 0 bridgehead atoms. The minimum absolute atomic E-state index is 0.0404. The first kappa shape index (κ1) is 22.3. The Bertz CT molecular complexity index is 951. The molecule has 0 fully saturated rings. The second-order valence-electron chi connectivity index (χ2n) is 6.47. The fourth-order valence-electron chi connectivity index (χ4n) is 2.53. The maximum Gasteiger partial charge on any atom is 0.255 e. The Labute approximate surface area is 170 Å². The molecule has 0 aliphatic rings. The monoisotopic (exact) mass is 427 g/mol.